The van der Waals surface area contributed by atoms with E-state index in [1.54, 1.807) is 18.3 Å². The summed E-state index contributed by atoms with van der Waals surface area (Å²) in [6.07, 6.45) is 1.64. The molecule has 3 aromatic rings. The normalized spacial score (nSPS) is 10.5. The molecule has 0 bridgehead atoms. The molecule has 0 radical (unpaired) electrons. The number of benzene rings is 1. The topological polar surface area (TPSA) is 88.5 Å². The van der Waals surface area contributed by atoms with Crippen LogP contribution >= 0.6 is 11.6 Å². The highest BCUT2D eigenvalue weighted by Gasteiger charge is 2.12. The summed E-state index contributed by atoms with van der Waals surface area (Å²) in [7, 11) is 0. The predicted molar refractivity (Wildman–Crippen MR) is 98.0 cm³/mol. The van der Waals surface area contributed by atoms with Gasteiger partial charge in [0.15, 0.2) is 5.82 Å². The van der Waals surface area contributed by atoms with Crippen molar-refractivity contribution in [2.45, 2.75) is 26.9 Å². The number of aryl methyl sites for hydroxylation is 1. The van der Waals surface area contributed by atoms with Crippen LogP contribution in [-0.4, -0.2) is 25.5 Å². The lowest BCUT2D eigenvalue weighted by atomic mass is 10.1. The smallest absolute Gasteiger partial charge is 0.256 e. The first-order valence-corrected chi connectivity index (χ1v) is 8.36. The molecule has 1 N–H and O–H groups in total. The van der Waals surface area contributed by atoms with E-state index in [-0.39, 0.29) is 12.5 Å². The molecule has 3 rings (SSSR count). The van der Waals surface area contributed by atoms with Crippen molar-refractivity contribution in [3.63, 3.8) is 0 Å². The Kier molecular flexibility index (Phi) is 5.05. The van der Waals surface area contributed by atoms with Crippen molar-refractivity contribution < 1.29 is 4.79 Å². The van der Waals surface area contributed by atoms with Crippen molar-refractivity contribution in [1.29, 1.82) is 5.26 Å². The third kappa shape index (κ3) is 3.76. The summed E-state index contributed by atoms with van der Waals surface area (Å²) < 4.78 is 3.27. The van der Waals surface area contributed by atoms with Crippen LogP contribution in [0.2, 0.25) is 5.02 Å². The standard InChI is InChI=1S/C18H17ClN6O/c1-12-17(19)13(2)25(22-12)11-14-4-3-5-15(10-14)18(26)21-16-6-8-24(23-16)9-7-20/h3-6,8,10H,9,11H2,1-2H3,(H,21,23,26). The van der Waals surface area contributed by atoms with Gasteiger partial charge in [-0.3, -0.25) is 14.2 Å². The van der Waals surface area contributed by atoms with Crippen LogP contribution in [0, 0.1) is 25.2 Å². The predicted octanol–water partition coefficient (Wildman–Crippen LogP) is 3.17. The van der Waals surface area contributed by atoms with E-state index in [1.165, 1.54) is 4.68 Å². The molecule has 2 heterocycles. The summed E-state index contributed by atoms with van der Waals surface area (Å²) in [5.74, 6) is 0.140. The number of hydrogen-bond acceptors (Lipinski definition) is 4. The Bertz CT molecular complexity index is 998. The molecule has 1 aromatic carbocycles. The van der Waals surface area contributed by atoms with E-state index < -0.39 is 0 Å². The van der Waals surface area contributed by atoms with Gasteiger partial charge in [0, 0.05) is 17.8 Å². The van der Waals surface area contributed by atoms with Gasteiger partial charge in [0.1, 0.15) is 6.54 Å². The SMILES string of the molecule is Cc1nn(Cc2cccc(C(=O)Nc3ccn(CC#N)n3)c2)c(C)c1Cl. The zero-order chi connectivity index (χ0) is 18.7. The minimum absolute atomic E-state index is 0.135. The Hall–Kier alpha value is -3.11. The third-order valence-electron chi connectivity index (χ3n) is 3.93. The van der Waals surface area contributed by atoms with Crippen LogP contribution in [0.5, 0.6) is 0 Å². The molecule has 7 nitrogen and oxygen atoms in total. The number of aromatic nitrogens is 4. The molecule has 0 aliphatic carbocycles. The average Bonchev–Trinajstić information content (AvgIpc) is 3.16. The minimum atomic E-state index is -0.263. The first-order valence-electron chi connectivity index (χ1n) is 7.98. The average molecular weight is 369 g/mol. The number of nitrogens with one attached hydrogen (secondary N) is 1. The van der Waals surface area contributed by atoms with Crippen LogP contribution in [0.1, 0.15) is 27.3 Å². The molecular weight excluding hydrogens is 352 g/mol. The highest BCUT2D eigenvalue weighted by Crippen LogP contribution is 2.20. The fourth-order valence-corrected chi connectivity index (χ4v) is 2.73. The number of rotatable bonds is 5. The second kappa shape index (κ2) is 7.42. The van der Waals surface area contributed by atoms with E-state index in [4.69, 9.17) is 16.9 Å². The molecule has 26 heavy (non-hydrogen) atoms. The number of nitrogens with zero attached hydrogens (tertiary/aromatic N) is 5. The Morgan fingerprint density at radius 3 is 2.81 bits per heavy atom. The van der Waals surface area contributed by atoms with Crippen LogP contribution in [0.4, 0.5) is 5.82 Å². The molecule has 8 heteroatoms. The summed E-state index contributed by atoms with van der Waals surface area (Å²) in [6, 6.07) is 10.9. The van der Waals surface area contributed by atoms with Gasteiger partial charge in [-0.15, -0.1) is 0 Å². The van der Waals surface area contributed by atoms with Gasteiger partial charge in [-0.1, -0.05) is 23.7 Å². The molecule has 0 saturated heterocycles. The van der Waals surface area contributed by atoms with Gasteiger partial charge in [0.2, 0.25) is 0 Å². The van der Waals surface area contributed by atoms with Crippen LogP contribution in [0.15, 0.2) is 36.5 Å². The molecule has 0 atom stereocenters. The fraction of sp³-hybridized carbons (Fsp3) is 0.222. The zero-order valence-corrected chi connectivity index (χ0v) is 15.2. The first kappa shape index (κ1) is 17.7. The number of amides is 1. The Balaban J connectivity index is 1.74. The second-order valence-corrected chi connectivity index (χ2v) is 6.23. The third-order valence-corrected chi connectivity index (χ3v) is 4.48. The van der Waals surface area contributed by atoms with E-state index in [1.807, 2.05) is 42.8 Å². The lowest BCUT2D eigenvalue weighted by Crippen LogP contribution is -2.13. The molecule has 0 saturated carbocycles. The van der Waals surface area contributed by atoms with Crippen molar-refractivity contribution in [3.8, 4) is 6.07 Å². The van der Waals surface area contributed by atoms with Gasteiger partial charge in [0.05, 0.1) is 29.0 Å². The van der Waals surface area contributed by atoms with E-state index in [9.17, 15) is 4.79 Å². The Morgan fingerprint density at radius 2 is 2.12 bits per heavy atom. The summed E-state index contributed by atoms with van der Waals surface area (Å²) in [6.45, 7) is 4.44. The van der Waals surface area contributed by atoms with Crippen LogP contribution < -0.4 is 5.32 Å². The van der Waals surface area contributed by atoms with E-state index in [2.05, 4.69) is 15.5 Å². The Labute approximate surface area is 155 Å². The fourth-order valence-electron chi connectivity index (χ4n) is 2.59. The molecule has 0 aliphatic rings. The van der Waals surface area contributed by atoms with Gasteiger partial charge < -0.3 is 5.32 Å². The molecule has 2 aromatic heterocycles. The number of anilines is 1. The minimum Gasteiger partial charge on any atom is -0.305 e. The maximum Gasteiger partial charge on any atom is 0.256 e. The van der Waals surface area contributed by atoms with Gasteiger partial charge in [-0.05, 0) is 31.5 Å². The van der Waals surface area contributed by atoms with Crippen LogP contribution in [0.25, 0.3) is 0 Å². The second-order valence-electron chi connectivity index (χ2n) is 5.85. The number of hydrogen-bond donors (Lipinski definition) is 1. The summed E-state index contributed by atoms with van der Waals surface area (Å²) in [4.78, 5) is 12.4. The number of carbonyl (C=O) groups is 1. The van der Waals surface area contributed by atoms with Crippen molar-refractivity contribution in [2.75, 3.05) is 5.32 Å². The molecule has 1 amide bonds. The summed E-state index contributed by atoms with van der Waals surface area (Å²) in [5.41, 5.74) is 3.13. The van der Waals surface area contributed by atoms with Gasteiger partial charge in [0.25, 0.3) is 5.91 Å². The van der Waals surface area contributed by atoms with E-state index >= 15 is 0 Å². The van der Waals surface area contributed by atoms with Gasteiger partial charge >= 0.3 is 0 Å². The number of nitriles is 1. The van der Waals surface area contributed by atoms with Crippen LogP contribution in [0.3, 0.4) is 0 Å². The summed E-state index contributed by atoms with van der Waals surface area (Å²) in [5, 5.41) is 20.6. The van der Waals surface area contributed by atoms with Crippen molar-refractivity contribution in [3.05, 3.63) is 64.1 Å². The van der Waals surface area contributed by atoms with Gasteiger partial charge in [-0.2, -0.15) is 15.5 Å². The van der Waals surface area contributed by atoms with E-state index in [0.29, 0.717) is 22.9 Å². The van der Waals surface area contributed by atoms with E-state index in [0.717, 1.165) is 17.0 Å². The monoisotopic (exact) mass is 368 g/mol. The summed E-state index contributed by atoms with van der Waals surface area (Å²) >= 11 is 6.18. The quantitative estimate of drug-likeness (QED) is 0.749. The molecule has 0 aliphatic heterocycles. The zero-order valence-electron chi connectivity index (χ0n) is 14.4. The molecule has 0 spiro atoms. The molecule has 0 unspecified atom stereocenters. The lowest BCUT2D eigenvalue weighted by Gasteiger charge is -2.07. The Morgan fingerprint density at radius 1 is 1.31 bits per heavy atom. The number of halogens is 1. The molecule has 132 valence electrons. The van der Waals surface area contributed by atoms with Crippen molar-refractivity contribution >= 4 is 23.3 Å². The highest BCUT2D eigenvalue weighted by atomic mass is 35.5. The van der Waals surface area contributed by atoms with Crippen LogP contribution in [-0.2, 0) is 13.1 Å². The maximum atomic E-state index is 12.4. The van der Waals surface area contributed by atoms with Gasteiger partial charge in [-0.25, -0.2) is 0 Å². The molecular formula is C18H17ClN6O. The lowest BCUT2D eigenvalue weighted by molar-refractivity contribution is 0.102. The first-order chi connectivity index (χ1) is 12.5. The van der Waals surface area contributed by atoms with Crippen molar-refractivity contribution in [1.82, 2.24) is 19.6 Å². The largest absolute Gasteiger partial charge is 0.305 e. The highest BCUT2D eigenvalue weighted by molar-refractivity contribution is 6.31. The molecule has 0 fully saturated rings. The maximum absolute atomic E-state index is 12.4. The number of carbonyl (C=O) groups excluding carboxylic acids is 1. The van der Waals surface area contributed by atoms with Crippen molar-refractivity contribution in [2.24, 2.45) is 0 Å².